The number of thioether (sulfide) groups is 1. The van der Waals surface area contributed by atoms with Crippen LogP contribution in [0.15, 0.2) is 27.5 Å². The van der Waals surface area contributed by atoms with Crippen molar-refractivity contribution in [1.82, 2.24) is 24.5 Å². The molecule has 5 heterocycles. The lowest BCUT2D eigenvalue weighted by Crippen LogP contribution is -2.37. The van der Waals surface area contributed by atoms with E-state index in [2.05, 4.69) is 10.1 Å². The summed E-state index contributed by atoms with van der Waals surface area (Å²) in [5.41, 5.74) is 3.48. The van der Waals surface area contributed by atoms with E-state index in [1.54, 1.807) is 0 Å². The number of aromatic nitrogens is 3. The van der Waals surface area contributed by atoms with Crippen molar-refractivity contribution >= 4 is 46.1 Å². The number of likely N-dealkylation sites (tertiary alicyclic amines) is 2. The highest BCUT2D eigenvalue weighted by Crippen LogP contribution is 2.34. The first kappa shape index (κ1) is 34.0. The smallest absolute Gasteiger partial charge is 0.256 e. The summed E-state index contributed by atoms with van der Waals surface area (Å²) in [6.07, 6.45) is 6.30. The van der Waals surface area contributed by atoms with Crippen molar-refractivity contribution < 1.29 is 28.4 Å². The molecule has 48 heavy (non-hydrogen) atoms. The average molecular weight is 678 g/mol. The Hall–Kier alpha value is -3.84. The number of nitrogens with zero attached hydrogens (tertiary/aromatic N) is 5. The Kier molecular flexibility index (Phi) is 10.7. The molecule has 0 aliphatic carbocycles. The van der Waals surface area contributed by atoms with E-state index >= 15 is 0 Å². The highest BCUT2D eigenvalue weighted by Gasteiger charge is 2.39. The average Bonchev–Trinajstić information content (AvgIpc) is 3.61. The molecule has 0 bridgehead atoms. The van der Waals surface area contributed by atoms with Gasteiger partial charge in [0.15, 0.2) is 11.4 Å². The Bertz CT molecular complexity index is 1760. The van der Waals surface area contributed by atoms with Crippen molar-refractivity contribution in [3.8, 4) is 5.75 Å². The van der Waals surface area contributed by atoms with E-state index in [0.29, 0.717) is 30.8 Å². The number of imide groups is 1. The molecule has 2 saturated heterocycles. The molecule has 3 aromatic rings. The lowest BCUT2D eigenvalue weighted by atomic mass is 9.91. The second-order valence-corrected chi connectivity index (χ2v) is 14.3. The van der Waals surface area contributed by atoms with Gasteiger partial charge >= 0.3 is 0 Å². The van der Waals surface area contributed by atoms with Gasteiger partial charge in [0, 0.05) is 61.0 Å². The van der Waals surface area contributed by atoms with Gasteiger partial charge in [-0.3, -0.25) is 33.4 Å². The van der Waals surface area contributed by atoms with Crippen LogP contribution in [0.4, 0.5) is 0 Å². The minimum absolute atomic E-state index is 0.0234. The topological polar surface area (TPSA) is 145 Å². The number of hydrogen-bond acceptors (Lipinski definition) is 11. The number of ether oxygens (including phenoxy) is 1. The molecule has 12 nitrogen and oxygen atoms in total. The zero-order valence-corrected chi connectivity index (χ0v) is 28.5. The van der Waals surface area contributed by atoms with E-state index < -0.39 is 11.2 Å². The lowest BCUT2D eigenvalue weighted by molar-refractivity contribution is -0.141. The summed E-state index contributed by atoms with van der Waals surface area (Å²) in [6, 6.07) is 5.67. The lowest BCUT2D eigenvalue weighted by Gasteiger charge is -2.31. The predicted octanol–water partition coefficient (Wildman–Crippen LogP) is 3.63. The van der Waals surface area contributed by atoms with Crippen LogP contribution in [0.5, 0.6) is 5.75 Å². The normalized spacial score (nSPS) is 18.9. The Morgan fingerprint density at radius 3 is 2.71 bits per heavy atom. The monoisotopic (exact) mass is 677 g/mol. The number of ketones is 2. The van der Waals surface area contributed by atoms with Gasteiger partial charge in [-0.15, -0.1) is 11.8 Å². The van der Waals surface area contributed by atoms with E-state index in [4.69, 9.17) is 14.2 Å². The summed E-state index contributed by atoms with van der Waals surface area (Å²) < 4.78 is 13.4. The molecule has 0 radical (unpaired) electrons. The van der Waals surface area contributed by atoms with Crippen LogP contribution in [0.1, 0.15) is 80.6 Å². The minimum Gasteiger partial charge on any atom is -0.493 e. The molecule has 0 saturated carbocycles. The molecule has 0 spiro atoms. The van der Waals surface area contributed by atoms with Crippen molar-refractivity contribution in [2.24, 2.45) is 0 Å². The Labute approximate surface area is 283 Å². The number of carbonyl (C=O) groups is 4. The largest absolute Gasteiger partial charge is 0.493 e. The number of amides is 2. The van der Waals surface area contributed by atoms with Gasteiger partial charge in [0.25, 0.3) is 5.56 Å². The Morgan fingerprint density at radius 1 is 1.10 bits per heavy atom. The maximum absolute atomic E-state index is 13.1. The van der Waals surface area contributed by atoms with Gasteiger partial charge in [-0.25, -0.2) is 4.98 Å². The van der Waals surface area contributed by atoms with Crippen molar-refractivity contribution in [3.05, 3.63) is 51.3 Å². The fourth-order valence-corrected chi connectivity index (χ4v) is 7.89. The van der Waals surface area contributed by atoms with Crippen LogP contribution in [0.3, 0.4) is 0 Å². The van der Waals surface area contributed by atoms with Gasteiger partial charge < -0.3 is 14.2 Å². The molecule has 256 valence electrons. The summed E-state index contributed by atoms with van der Waals surface area (Å²) in [5, 5.41) is 4.80. The van der Waals surface area contributed by atoms with Crippen LogP contribution in [-0.2, 0) is 38.6 Å². The van der Waals surface area contributed by atoms with Crippen LogP contribution < -0.4 is 10.3 Å². The number of benzene rings is 1. The second-order valence-electron chi connectivity index (χ2n) is 13.1. The molecule has 1 aromatic carbocycles. The van der Waals surface area contributed by atoms with E-state index in [9.17, 15) is 24.0 Å². The van der Waals surface area contributed by atoms with Crippen molar-refractivity contribution in [2.45, 2.75) is 89.3 Å². The van der Waals surface area contributed by atoms with E-state index in [-0.39, 0.29) is 54.1 Å². The van der Waals surface area contributed by atoms with Crippen molar-refractivity contribution in [2.75, 3.05) is 38.5 Å². The van der Waals surface area contributed by atoms with E-state index in [0.717, 1.165) is 103 Å². The number of piperidine rings is 1. The van der Waals surface area contributed by atoms with Gasteiger partial charge in [-0.2, -0.15) is 0 Å². The molecular formula is C35H43N5O7S. The maximum atomic E-state index is 13.1. The molecule has 0 N–H and O–H groups in total. The van der Waals surface area contributed by atoms with Gasteiger partial charge in [-0.05, 0) is 77.6 Å². The second kappa shape index (κ2) is 15.1. The number of hydrogen-bond donors (Lipinski definition) is 0. The minimum atomic E-state index is -0.595. The van der Waals surface area contributed by atoms with Gasteiger partial charge in [0.05, 0.1) is 29.8 Å². The summed E-state index contributed by atoms with van der Waals surface area (Å²) in [5.74, 6) is 0.970. The van der Waals surface area contributed by atoms with Crippen LogP contribution in [0.25, 0.3) is 11.0 Å². The van der Waals surface area contributed by atoms with Gasteiger partial charge in [0.2, 0.25) is 11.8 Å². The SMILES string of the molecule is CC(=O)CSC1CC(=O)N(CC(=O)CCCOc2ccc3c(C4CCN(CCc5c(C)nc6n(c5=O)CCCC6)CC4)noc3c2)C1=O. The fraction of sp³-hybridized carbons (Fsp3) is 0.571. The number of carbonyl (C=O) groups excluding carboxylic acids is 4. The summed E-state index contributed by atoms with van der Waals surface area (Å²) in [7, 11) is 0. The summed E-state index contributed by atoms with van der Waals surface area (Å²) in [6.45, 7) is 6.92. The molecule has 2 aromatic heterocycles. The van der Waals surface area contributed by atoms with Crippen molar-refractivity contribution in [3.63, 3.8) is 0 Å². The van der Waals surface area contributed by atoms with Crippen LogP contribution >= 0.6 is 11.8 Å². The fourth-order valence-electron chi connectivity index (χ4n) is 6.92. The third-order valence-corrected chi connectivity index (χ3v) is 10.9. The van der Waals surface area contributed by atoms with E-state index in [1.807, 2.05) is 29.7 Å². The maximum Gasteiger partial charge on any atom is 0.256 e. The predicted molar refractivity (Wildman–Crippen MR) is 180 cm³/mol. The summed E-state index contributed by atoms with van der Waals surface area (Å²) >= 11 is 1.15. The zero-order valence-electron chi connectivity index (χ0n) is 27.7. The Morgan fingerprint density at radius 2 is 1.92 bits per heavy atom. The molecule has 1 unspecified atom stereocenters. The summed E-state index contributed by atoms with van der Waals surface area (Å²) in [4.78, 5) is 69.8. The number of Topliss-reactive ketones (excluding diaryl/α,β-unsaturated/α-hetero) is 2. The first-order chi connectivity index (χ1) is 23.2. The van der Waals surface area contributed by atoms with Gasteiger partial charge in [0.1, 0.15) is 17.4 Å². The number of rotatable bonds is 14. The molecule has 13 heteroatoms. The van der Waals surface area contributed by atoms with Crippen LogP contribution in [-0.4, -0.2) is 91.7 Å². The number of fused-ring (bicyclic) bond motifs is 2. The standard InChI is InChI=1S/C35H43N5O7S/c1-22(41)21-48-30-19-32(43)40(35(30)45)20-25(42)6-5-17-46-26-8-9-28-29(18-26)47-37-33(28)24-10-14-38(15-11-24)16-12-27-23(2)36-31-7-3-4-13-39(31)34(27)44/h8-9,18,24,30H,3-7,10-17,19-21H2,1-2H3. The van der Waals surface area contributed by atoms with Crippen molar-refractivity contribution in [1.29, 1.82) is 0 Å². The highest BCUT2D eigenvalue weighted by atomic mass is 32.2. The molecule has 1 atom stereocenters. The molecular weight excluding hydrogens is 634 g/mol. The highest BCUT2D eigenvalue weighted by molar-refractivity contribution is 8.01. The Balaban J connectivity index is 0.939. The number of aryl methyl sites for hydroxylation is 2. The first-order valence-corrected chi connectivity index (χ1v) is 18.0. The molecule has 3 aliphatic heterocycles. The third-order valence-electron chi connectivity index (χ3n) is 9.60. The quantitative estimate of drug-likeness (QED) is 0.182. The molecule has 6 rings (SSSR count). The molecule has 2 amide bonds. The first-order valence-electron chi connectivity index (χ1n) is 17.0. The molecule has 3 aliphatic rings. The molecule has 2 fully saturated rings. The third kappa shape index (κ3) is 7.72. The zero-order chi connectivity index (χ0) is 33.8. The van der Waals surface area contributed by atoms with E-state index in [1.165, 1.54) is 6.92 Å². The van der Waals surface area contributed by atoms with Crippen LogP contribution in [0, 0.1) is 6.92 Å². The van der Waals surface area contributed by atoms with Crippen LogP contribution in [0.2, 0.25) is 0 Å². The van der Waals surface area contributed by atoms with Gasteiger partial charge in [-0.1, -0.05) is 5.16 Å².